The smallest absolute Gasteiger partial charge is 0.335 e. The standard InChI is InChI=1S/C59H90O27/c1-10-24(2)49(76)86-47-46(73)59(23-62)27(17-54(47,4)5)26-11-12-32-55(6)15-14-33(56(7,22-61)31(55)13-16-57(32,8)58(26,9)18-34(59)79-25(3)63)81-53-45(85-51-40(71)38(69)37(68)30(19-60)80-51)42(41(72)43(83-53)48(74)75)82-52-44(36(67)29(65)21-78-52)84-50-39(70)35(66)28(64)20-77-50/h10-11,22,27-47,50-53,60,62,64-73H,12-21,23H2,1-9H3,(H,74,75)/b24-10+/t27-,28+,29-,30+,31+,32+,33-,34+,35-,36-,37-,38-,39+,40+,41-,42-,43-,44+,45+,46-,47-,50-,51-,52-,53-,55-,56-,57+,58+,59-/m0/s1. The van der Waals surface area contributed by atoms with Crippen molar-refractivity contribution in [3.63, 3.8) is 0 Å². The summed E-state index contributed by atoms with van der Waals surface area (Å²) in [6.07, 6.45) is -32.4. The summed E-state index contributed by atoms with van der Waals surface area (Å²) < 4.78 is 60.5. The Labute approximate surface area is 498 Å². The number of carbonyl (C=O) groups is 4. The minimum Gasteiger partial charge on any atom is -0.479 e. The first-order chi connectivity index (χ1) is 40.3. The Hall–Kier alpha value is -3.24. The van der Waals surface area contributed by atoms with Crippen molar-refractivity contribution in [2.24, 2.45) is 50.2 Å². The second-order valence-corrected chi connectivity index (χ2v) is 27.3. The predicted molar refractivity (Wildman–Crippen MR) is 289 cm³/mol. The number of hydrogen-bond acceptors (Lipinski definition) is 26. The molecular formula is C59H90O27. The van der Waals surface area contributed by atoms with Crippen molar-refractivity contribution in [3.8, 4) is 0 Å². The maximum Gasteiger partial charge on any atom is 0.335 e. The van der Waals surface area contributed by atoms with Crippen molar-refractivity contribution in [2.45, 2.75) is 242 Å². The molecule has 0 aromatic rings. The first kappa shape index (κ1) is 67.2. The molecule has 488 valence electrons. The maximum atomic E-state index is 14.2. The van der Waals surface area contributed by atoms with Gasteiger partial charge in [-0.2, -0.15) is 0 Å². The average molecular weight is 1230 g/mol. The van der Waals surface area contributed by atoms with E-state index in [0.29, 0.717) is 37.7 Å². The molecule has 13 N–H and O–H groups in total. The van der Waals surface area contributed by atoms with E-state index < -0.39 is 224 Å². The first-order valence-electron chi connectivity index (χ1n) is 29.9. The van der Waals surface area contributed by atoms with Crippen molar-refractivity contribution >= 4 is 24.2 Å². The van der Waals surface area contributed by atoms with Gasteiger partial charge in [0.2, 0.25) is 0 Å². The third kappa shape index (κ3) is 10.9. The molecule has 9 aliphatic rings. The number of ether oxygens (including phenoxy) is 10. The van der Waals surface area contributed by atoms with Crippen molar-refractivity contribution in [1.82, 2.24) is 0 Å². The highest BCUT2D eigenvalue weighted by molar-refractivity contribution is 5.87. The molecule has 30 atom stereocenters. The minimum atomic E-state index is -2.28. The number of carboxylic acid groups (broad SMARTS) is 1. The minimum absolute atomic E-state index is 0.107. The SMILES string of the molecule is C/C=C(\C)C(=O)O[C@H]1[C@H](O)[C@]2(CO)[C@H](OC(C)=O)C[C@]3(C)C(=CC[C@@H]4[C@@]5(C)CC[C@H](O[C@H]6O[C@H](C(=O)O)[C@@H](O)[C@H](O[C@@H]7OC[C@H](O)[C@H](O)[C@H]7O[C@@H]7OC[C@@H](O)[C@H](O)[C@H]7O)[C@H]6O[C@@H]6O[C@H](CO)[C@H](O)[C@H](O)[C@H]6O)[C@@](C)(C=O)[C@@H]5CC[C@]43C)[C@@H]2CC1(C)C. The van der Waals surface area contributed by atoms with Gasteiger partial charge in [-0.3, -0.25) is 4.79 Å². The molecular weight excluding hydrogens is 1140 g/mol. The molecule has 4 aliphatic heterocycles. The second kappa shape index (κ2) is 24.8. The van der Waals surface area contributed by atoms with Gasteiger partial charge < -0.3 is 119 Å². The molecule has 5 aliphatic carbocycles. The highest BCUT2D eigenvalue weighted by Gasteiger charge is 2.74. The molecule has 0 bridgehead atoms. The van der Waals surface area contributed by atoms with Crippen LogP contribution >= 0.6 is 0 Å². The fraction of sp³-hybridized carbons (Fsp3) is 0.864. The highest BCUT2D eigenvalue weighted by Crippen LogP contribution is 2.76. The lowest BCUT2D eigenvalue weighted by Gasteiger charge is -2.72. The van der Waals surface area contributed by atoms with E-state index in [-0.39, 0.29) is 18.8 Å². The summed E-state index contributed by atoms with van der Waals surface area (Å²) in [6.45, 7) is 13.9. The summed E-state index contributed by atoms with van der Waals surface area (Å²) in [5.41, 5.74) is -4.44. The van der Waals surface area contributed by atoms with E-state index in [1.54, 1.807) is 26.8 Å². The van der Waals surface area contributed by atoms with Crippen LogP contribution < -0.4 is 0 Å². The molecule has 0 radical (unpaired) electrons. The van der Waals surface area contributed by atoms with Crippen molar-refractivity contribution in [3.05, 3.63) is 23.3 Å². The van der Waals surface area contributed by atoms with E-state index in [0.717, 1.165) is 11.9 Å². The molecule has 4 heterocycles. The zero-order chi connectivity index (χ0) is 63.3. The number of allylic oxidation sites excluding steroid dienone is 3. The van der Waals surface area contributed by atoms with Gasteiger partial charge in [0, 0.05) is 17.9 Å². The lowest BCUT2D eigenvalue weighted by Crippen LogP contribution is -2.72. The normalized spacial score (nSPS) is 51.1. The van der Waals surface area contributed by atoms with Crippen LogP contribution in [0.25, 0.3) is 0 Å². The van der Waals surface area contributed by atoms with Gasteiger partial charge in [-0.25, -0.2) is 9.59 Å². The van der Waals surface area contributed by atoms with Gasteiger partial charge in [-0.15, -0.1) is 0 Å². The van der Waals surface area contributed by atoms with Crippen LogP contribution in [0.2, 0.25) is 0 Å². The van der Waals surface area contributed by atoms with Gasteiger partial charge in [-0.1, -0.05) is 59.3 Å². The maximum absolute atomic E-state index is 14.2. The van der Waals surface area contributed by atoms with E-state index >= 15 is 0 Å². The topological polar surface area (TPSA) is 424 Å². The highest BCUT2D eigenvalue weighted by atomic mass is 16.8. The lowest BCUT2D eigenvalue weighted by atomic mass is 9.33. The molecule has 27 nitrogen and oxygen atoms in total. The third-order valence-corrected chi connectivity index (χ3v) is 22.2. The summed E-state index contributed by atoms with van der Waals surface area (Å²) in [7, 11) is 0. The Morgan fingerprint density at radius 2 is 1.29 bits per heavy atom. The van der Waals surface area contributed by atoms with Crippen LogP contribution in [-0.4, -0.2) is 252 Å². The molecule has 0 aromatic heterocycles. The van der Waals surface area contributed by atoms with Crippen molar-refractivity contribution in [1.29, 1.82) is 0 Å². The van der Waals surface area contributed by atoms with E-state index in [2.05, 4.69) is 26.8 Å². The fourth-order valence-electron chi connectivity index (χ4n) is 17.0. The van der Waals surface area contributed by atoms with Crippen molar-refractivity contribution < 1.29 is 133 Å². The first-order valence-corrected chi connectivity index (χ1v) is 29.9. The molecule has 4 saturated heterocycles. The lowest BCUT2D eigenvalue weighted by molar-refractivity contribution is -0.398. The summed E-state index contributed by atoms with van der Waals surface area (Å²) in [6, 6.07) is 0. The third-order valence-electron chi connectivity index (χ3n) is 22.2. The Morgan fingerprint density at radius 3 is 1.91 bits per heavy atom. The summed E-state index contributed by atoms with van der Waals surface area (Å²) >= 11 is 0. The van der Waals surface area contributed by atoms with E-state index in [9.17, 15) is 85.6 Å². The molecule has 0 amide bonds. The Morgan fingerprint density at radius 1 is 0.663 bits per heavy atom. The Bertz CT molecular complexity index is 2550. The zero-order valence-electron chi connectivity index (χ0n) is 50.0. The van der Waals surface area contributed by atoms with E-state index in [4.69, 9.17) is 47.4 Å². The van der Waals surface area contributed by atoms with Gasteiger partial charge in [0.15, 0.2) is 31.3 Å². The zero-order valence-corrected chi connectivity index (χ0v) is 50.0. The number of hydrogen-bond donors (Lipinski definition) is 13. The monoisotopic (exact) mass is 1230 g/mol. The molecule has 0 spiro atoms. The van der Waals surface area contributed by atoms with Gasteiger partial charge in [0.05, 0.1) is 43.4 Å². The quantitative estimate of drug-likeness (QED) is 0.0277. The number of esters is 2. The van der Waals surface area contributed by atoms with Crippen LogP contribution in [0.3, 0.4) is 0 Å². The molecule has 27 heteroatoms. The number of carbonyl (C=O) groups excluding carboxylic acids is 3. The largest absolute Gasteiger partial charge is 0.479 e. The van der Waals surface area contributed by atoms with Gasteiger partial charge in [-0.05, 0) is 92.8 Å². The summed E-state index contributed by atoms with van der Waals surface area (Å²) in [5, 5.41) is 143. The molecule has 86 heavy (non-hydrogen) atoms. The van der Waals surface area contributed by atoms with Crippen LogP contribution in [0.4, 0.5) is 0 Å². The van der Waals surface area contributed by atoms with Crippen LogP contribution in [-0.2, 0) is 66.5 Å². The number of fused-ring (bicyclic) bond motifs is 7. The molecule has 8 fully saturated rings. The van der Waals surface area contributed by atoms with E-state index in [1.807, 2.05) is 13.8 Å². The van der Waals surface area contributed by atoms with Crippen LogP contribution in [0, 0.1) is 50.2 Å². The number of aliphatic hydroxyl groups is 12. The summed E-state index contributed by atoms with van der Waals surface area (Å²) in [4.78, 5) is 53.9. The Kier molecular flexibility index (Phi) is 19.3. The van der Waals surface area contributed by atoms with Gasteiger partial charge in [0.1, 0.15) is 104 Å². The molecule has 0 aromatic carbocycles. The number of aliphatic carboxylic acids is 1. The van der Waals surface area contributed by atoms with Gasteiger partial charge >= 0.3 is 17.9 Å². The molecule has 4 saturated carbocycles. The average Bonchev–Trinajstić information content (AvgIpc) is 0.671. The molecule has 0 unspecified atom stereocenters. The van der Waals surface area contributed by atoms with Gasteiger partial charge in [0.25, 0.3) is 0 Å². The predicted octanol–water partition coefficient (Wildman–Crippen LogP) is -2.01. The van der Waals surface area contributed by atoms with E-state index in [1.165, 1.54) is 6.92 Å². The number of aldehydes is 1. The van der Waals surface area contributed by atoms with Crippen LogP contribution in [0.1, 0.15) is 107 Å². The Balaban J connectivity index is 1.06. The number of carboxylic acids is 1. The van der Waals surface area contributed by atoms with Crippen LogP contribution in [0.5, 0.6) is 0 Å². The van der Waals surface area contributed by atoms with Crippen molar-refractivity contribution in [2.75, 3.05) is 26.4 Å². The fourth-order valence-corrected chi connectivity index (χ4v) is 17.0. The second-order valence-electron chi connectivity index (χ2n) is 27.3. The molecule has 9 rings (SSSR count). The summed E-state index contributed by atoms with van der Waals surface area (Å²) in [5.74, 6) is -4.20. The number of rotatable bonds is 15. The van der Waals surface area contributed by atoms with Crippen LogP contribution in [0.15, 0.2) is 23.3 Å². The number of aliphatic hydroxyl groups excluding tert-OH is 12.